The SMILES string of the molecule is Cc1ccc(OCc2cc(Cl)cc3c2OCC3)c(C)c1. The second-order valence-corrected chi connectivity index (χ2v) is 5.65. The zero-order valence-electron chi connectivity index (χ0n) is 11.7. The van der Waals surface area contributed by atoms with E-state index in [1.54, 1.807) is 0 Å². The molecule has 0 aromatic heterocycles. The molecule has 3 heteroatoms. The minimum atomic E-state index is 0.479. The van der Waals surface area contributed by atoms with E-state index in [0.717, 1.165) is 40.7 Å². The van der Waals surface area contributed by atoms with Gasteiger partial charge in [0.1, 0.15) is 18.1 Å². The molecule has 0 aliphatic carbocycles. The number of aryl methyl sites for hydroxylation is 2. The average Bonchev–Trinajstić information content (AvgIpc) is 2.85. The topological polar surface area (TPSA) is 18.5 Å². The van der Waals surface area contributed by atoms with Crippen LogP contribution >= 0.6 is 11.6 Å². The van der Waals surface area contributed by atoms with Crippen molar-refractivity contribution in [2.75, 3.05) is 6.61 Å². The minimum absolute atomic E-state index is 0.479. The molecule has 2 aromatic carbocycles. The summed E-state index contributed by atoms with van der Waals surface area (Å²) in [5.41, 5.74) is 4.58. The normalized spacial score (nSPS) is 12.9. The Labute approximate surface area is 124 Å². The Balaban J connectivity index is 1.82. The number of hydrogen-bond donors (Lipinski definition) is 0. The first kappa shape index (κ1) is 13.3. The summed E-state index contributed by atoms with van der Waals surface area (Å²) in [6.07, 6.45) is 0.923. The first-order valence-corrected chi connectivity index (χ1v) is 7.15. The van der Waals surface area contributed by atoms with E-state index in [4.69, 9.17) is 21.1 Å². The molecule has 0 atom stereocenters. The molecule has 0 radical (unpaired) electrons. The Morgan fingerprint density at radius 3 is 2.85 bits per heavy atom. The van der Waals surface area contributed by atoms with Crippen LogP contribution in [0.4, 0.5) is 0 Å². The van der Waals surface area contributed by atoms with E-state index in [2.05, 4.69) is 26.0 Å². The molecular formula is C17H17ClO2. The van der Waals surface area contributed by atoms with E-state index in [1.807, 2.05) is 18.2 Å². The summed E-state index contributed by atoms with van der Waals surface area (Å²) in [7, 11) is 0. The van der Waals surface area contributed by atoms with Gasteiger partial charge in [-0.3, -0.25) is 0 Å². The van der Waals surface area contributed by atoms with Crippen LogP contribution in [0.2, 0.25) is 5.02 Å². The highest BCUT2D eigenvalue weighted by Gasteiger charge is 2.18. The standard InChI is InChI=1S/C17H17ClO2/c1-11-3-4-16(12(2)7-11)20-10-14-9-15(18)8-13-5-6-19-17(13)14/h3-4,7-9H,5-6,10H2,1-2H3. The highest BCUT2D eigenvalue weighted by Crippen LogP contribution is 2.33. The van der Waals surface area contributed by atoms with E-state index >= 15 is 0 Å². The molecule has 1 aliphatic rings. The van der Waals surface area contributed by atoms with Gasteiger partial charge in [-0.15, -0.1) is 0 Å². The van der Waals surface area contributed by atoms with Gasteiger partial charge < -0.3 is 9.47 Å². The summed E-state index contributed by atoms with van der Waals surface area (Å²) in [6, 6.07) is 10.1. The fourth-order valence-electron chi connectivity index (χ4n) is 2.57. The molecule has 1 aliphatic heterocycles. The van der Waals surface area contributed by atoms with Gasteiger partial charge in [0.25, 0.3) is 0 Å². The van der Waals surface area contributed by atoms with Gasteiger partial charge in [-0.05, 0) is 43.2 Å². The van der Waals surface area contributed by atoms with Crippen LogP contribution in [0.25, 0.3) is 0 Å². The van der Waals surface area contributed by atoms with Gasteiger partial charge in [0.2, 0.25) is 0 Å². The van der Waals surface area contributed by atoms with Crippen LogP contribution in [-0.4, -0.2) is 6.61 Å². The molecule has 0 unspecified atom stereocenters. The Morgan fingerprint density at radius 2 is 2.05 bits per heavy atom. The number of hydrogen-bond acceptors (Lipinski definition) is 2. The van der Waals surface area contributed by atoms with Gasteiger partial charge in [0.05, 0.1) is 6.61 Å². The van der Waals surface area contributed by atoms with Crippen LogP contribution in [0.5, 0.6) is 11.5 Å². The van der Waals surface area contributed by atoms with Gasteiger partial charge in [0, 0.05) is 17.0 Å². The van der Waals surface area contributed by atoms with Crippen molar-refractivity contribution in [1.29, 1.82) is 0 Å². The first-order chi connectivity index (χ1) is 9.63. The third-order valence-corrected chi connectivity index (χ3v) is 3.76. The monoisotopic (exact) mass is 288 g/mol. The molecule has 0 amide bonds. The first-order valence-electron chi connectivity index (χ1n) is 6.77. The number of benzene rings is 2. The van der Waals surface area contributed by atoms with Gasteiger partial charge in [-0.1, -0.05) is 29.3 Å². The molecule has 0 saturated heterocycles. The van der Waals surface area contributed by atoms with Crippen molar-refractivity contribution in [3.05, 3.63) is 57.6 Å². The third-order valence-electron chi connectivity index (χ3n) is 3.54. The second-order valence-electron chi connectivity index (χ2n) is 5.21. The van der Waals surface area contributed by atoms with Crippen molar-refractivity contribution in [2.24, 2.45) is 0 Å². The Hall–Kier alpha value is -1.67. The van der Waals surface area contributed by atoms with E-state index < -0.39 is 0 Å². The predicted octanol–water partition coefficient (Wildman–Crippen LogP) is 4.47. The third kappa shape index (κ3) is 2.61. The summed E-state index contributed by atoms with van der Waals surface area (Å²) >= 11 is 6.15. The minimum Gasteiger partial charge on any atom is -0.493 e. The van der Waals surface area contributed by atoms with Crippen LogP contribution in [0.3, 0.4) is 0 Å². The fourth-order valence-corrected chi connectivity index (χ4v) is 2.83. The lowest BCUT2D eigenvalue weighted by Gasteiger charge is -2.12. The maximum Gasteiger partial charge on any atom is 0.129 e. The van der Waals surface area contributed by atoms with E-state index in [9.17, 15) is 0 Å². The van der Waals surface area contributed by atoms with Gasteiger partial charge in [-0.2, -0.15) is 0 Å². The molecule has 0 saturated carbocycles. The van der Waals surface area contributed by atoms with Gasteiger partial charge in [0.15, 0.2) is 0 Å². The summed E-state index contributed by atoms with van der Waals surface area (Å²) in [5, 5.41) is 0.744. The zero-order valence-corrected chi connectivity index (χ0v) is 12.5. The zero-order chi connectivity index (χ0) is 14.1. The summed E-state index contributed by atoms with van der Waals surface area (Å²) < 4.78 is 11.6. The van der Waals surface area contributed by atoms with Crippen LogP contribution < -0.4 is 9.47 Å². The maximum absolute atomic E-state index is 6.15. The molecular weight excluding hydrogens is 272 g/mol. The molecule has 0 bridgehead atoms. The Kier molecular flexibility index (Phi) is 3.58. The van der Waals surface area contributed by atoms with Crippen LogP contribution in [0, 0.1) is 13.8 Å². The molecule has 0 spiro atoms. The highest BCUT2D eigenvalue weighted by molar-refractivity contribution is 6.30. The van der Waals surface area contributed by atoms with Crippen molar-refractivity contribution < 1.29 is 9.47 Å². The molecule has 0 N–H and O–H groups in total. The number of fused-ring (bicyclic) bond motifs is 1. The lowest BCUT2D eigenvalue weighted by atomic mass is 10.1. The maximum atomic E-state index is 6.15. The fraction of sp³-hybridized carbons (Fsp3) is 0.294. The van der Waals surface area contributed by atoms with Crippen molar-refractivity contribution in [3.8, 4) is 11.5 Å². The van der Waals surface area contributed by atoms with Crippen molar-refractivity contribution in [1.82, 2.24) is 0 Å². The largest absolute Gasteiger partial charge is 0.493 e. The molecule has 3 rings (SSSR count). The van der Waals surface area contributed by atoms with Gasteiger partial charge in [-0.25, -0.2) is 0 Å². The Bertz CT molecular complexity index is 650. The van der Waals surface area contributed by atoms with Crippen LogP contribution in [0.15, 0.2) is 30.3 Å². The average molecular weight is 289 g/mol. The van der Waals surface area contributed by atoms with Crippen molar-refractivity contribution in [2.45, 2.75) is 26.9 Å². The summed E-state index contributed by atoms with van der Waals surface area (Å²) in [6.45, 7) is 5.34. The van der Waals surface area contributed by atoms with Gasteiger partial charge >= 0.3 is 0 Å². The highest BCUT2D eigenvalue weighted by atomic mass is 35.5. The Morgan fingerprint density at radius 1 is 1.20 bits per heavy atom. The molecule has 1 heterocycles. The summed E-state index contributed by atoms with van der Waals surface area (Å²) in [4.78, 5) is 0. The number of halogens is 1. The van der Waals surface area contributed by atoms with E-state index in [1.165, 1.54) is 11.1 Å². The second kappa shape index (κ2) is 5.37. The molecule has 20 heavy (non-hydrogen) atoms. The quantitative estimate of drug-likeness (QED) is 0.829. The lowest BCUT2D eigenvalue weighted by molar-refractivity contribution is 0.290. The number of rotatable bonds is 3. The van der Waals surface area contributed by atoms with Crippen molar-refractivity contribution in [3.63, 3.8) is 0 Å². The summed E-state index contributed by atoms with van der Waals surface area (Å²) in [5.74, 6) is 1.85. The molecule has 2 aromatic rings. The van der Waals surface area contributed by atoms with E-state index in [-0.39, 0.29) is 0 Å². The molecule has 0 fully saturated rings. The smallest absolute Gasteiger partial charge is 0.129 e. The molecule has 2 nitrogen and oxygen atoms in total. The number of ether oxygens (including phenoxy) is 2. The predicted molar refractivity (Wildman–Crippen MR) is 80.9 cm³/mol. The van der Waals surface area contributed by atoms with Crippen LogP contribution in [-0.2, 0) is 13.0 Å². The lowest BCUT2D eigenvalue weighted by Crippen LogP contribution is -2.00. The molecule has 104 valence electrons. The van der Waals surface area contributed by atoms with Crippen molar-refractivity contribution >= 4 is 11.6 Å². The van der Waals surface area contributed by atoms with Crippen LogP contribution in [0.1, 0.15) is 22.3 Å². The van der Waals surface area contributed by atoms with E-state index in [0.29, 0.717) is 6.61 Å².